The van der Waals surface area contributed by atoms with Crippen LogP contribution in [-0.4, -0.2) is 59.6 Å². The lowest BCUT2D eigenvalue weighted by Gasteiger charge is -2.26. The second kappa shape index (κ2) is 8.84. The first-order valence-corrected chi connectivity index (χ1v) is 11.4. The van der Waals surface area contributed by atoms with Gasteiger partial charge in [0.1, 0.15) is 10.9 Å². The molecule has 32 heavy (non-hydrogen) atoms. The molecule has 3 aromatic rings. The van der Waals surface area contributed by atoms with Gasteiger partial charge in [-0.1, -0.05) is 11.1 Å². The number of nitrogens with zero attached hydrogens (tertiary/aromatic N) is 4. The van der Waals surface area contributed by atoms with Gasteiger partial charge in [0.15, 0.2) is 0 Å². The van der Waals surface area contributed by atoms with Crippen LogP contribution in [0.3, 0.4) is 0 Å². The Hall–Kier alpha value is -3.04. The minimum Gasteiger partial charge on any atom is -0.379 e. The highest BCUT2D eigenvalue weighted by atomic mass is 16.5. The van der Waals surface area contributed by atoms with Gasteiger partial charge in [0.2, 0.25) is 11.5 Å². The minimum atomic E-state index is -0.262. The van der Waals surface area contributed by atoms with Crippen LogP contribution in [0, 0.1) is 0 Å². The molecule has 3 aromatic heterocycles. The Balaban J connectivity index is 1.54. The van der Waals surface area contributed by atoms with Crippen molar-refractivity contribution in [3.63, 3.8) is 0 Å². The second-order valence-electron chi connectivity index (χ2n) is 8.54. The van der Waals surface area contributed by atoms with E-state index in [-0.39, 0.29) is 17.5 Å². The largest absolute Gasteiger partial charge is 0.379 e. The van der Waals surface area contributed by atoms with Crippen molar-refractivity contribution < 1.29 is 14.1 Å². The molecule has 1 saturated carbocycles. The summed E-state index contributed by atoms with van der Waals surface area (Å²) in [5.74, 6) is 0.113. The van der Waals surface area contributed by atoms with Gasteiger partial charge in [-0.3, -0.25) is 18.9 Å². The molecule has 3 N–H and O–H groups in total. The molecular weight excluding hydrogens is 408 g/mol. The van der Waals surface area contributed by atoms with Crippen LogP contribution < -0.4 is 21.2 Å². The molecule has 0 spiro atoms. The zero-order valence-electron chi connectivity index (χ0n) is 18.1. The number of pyridine rings is 2. The summed E-state index contributed by atoms with van der Waals surface area (Å²) >= 11 is 0. The predicted octanol–water partition coefficient (Wildman–Crippen LogP) is 0.895. The third kappa shape index (κ3) is 3.82. The molecule has 1 aliphatic heterocycles. The van der Waals surface area contributed by atoms with Gasteiger partial charge >= 0.3 is 0 Å². The Morgan fingerprint density at radius 3 is 2.81 bits per heavy atom. The third-order valence-corrected chi connectivity index (χ3v) is 6.55. The van der Waals surface area contributed by atoms with Crippen LogP contribution >= 0.6 is 0 Å². The first-order chi connectivity index (χ1) is 15.6. The van der Waals surface area contributed by atoms with Gasteiger partial charge in [0.05, 0.1) is 19.3 Å². The molecular formula is C23H29N6O3+. The molecule has 0 unspecified atom stereocenters. The van der Waals surface area contributed by atoms with E-state index in [2.05, 4.69) is 10.2 Å². The molecule has 9 nitrogen and oxygen atoms in total. The molecule has 1 amide bonds. The summed E-state index contributed by atoms with van der Waals surface area (Å²) in [6, 6.07) is 7.20. The van der Waals surface area contributed by atoms with Gasteiger partial charge in [0, 0.05) is 32.4 Å². The number of hydrogen-bond acceptors (Lipinski definition) is 6. The number of carbonyl (C=O) groups is 1. The van der Waals surface area contributed by atoms with Crippen LogP contribution in [0.25, 0.3) is 16.7 Å². The molecule has 1 saturated heterocycles. The maximum atomic E-state index is 13.3. The summed E-state index contributed by atoms with van der Waals surface area (Å²) in [4.78, 5) is 33.4. The lowest BCUT2D eigenvalue weighted by molar-refractivity contribution is -0.685. The maximum absolute atomic E-state index is 13.3. The summed E-state index contributed by atoms with van der Waals surface area (Å²) in [6.07, 6.45) is 5.81. The second-order valence-corrected chi connectivity index (χ2v) is 8.54. The van der Waals surface area contributed by atoms with E-state index in [1.165, 1.54) is 4.40 Å². The van der Waals surface area contributed by atoms with E-state index in [0.29, 0.717) is 34.6 Å². The summed E-state index contributed by atoms with van der Waals surface area (Å²) in [5, 5.41) is 3.39. The number of aromatic nitrogens is 3. The van der Waals surface area contributed by atoms with Gasteiger partial charge < -0.3 is 15.8 Å². The molecule has 0 radical (unpaired) electrons. The molecule has 168 valence electrons. The lowest BCUT2D eigenvalue weighted by Crippen LogP contribution is -2.46. The molecule has 1 aliphatic carbocycles. The number of ether oxygens (including phenoxy) is 1. The highest BCUT2D eigenvalue weighted by Crippen LogP contribution is 2.28. The van der Waals surface area contributed by atoms with Crippen molar-refractivity contribution >= 4 is 28.4 Å². The smallest absolute Gasteiger partial charge is 0.278 e. The zero-order chi connectivity index (χ0) is 22.1. The zero-order valence-corrected chi connectivity index (χ0v) is 18.1. The van der Waals surface area contributed by atoms with Crippen molar-refractivity contribution in [1.82, 2.24) is 19.6 Å². The van der Waals surface area contributed by atoms with E-state index in [0.717, 1.165) is 58.5 Å². The van der Waals surface area contributed by atoms with Crippen LogP contribution in [-0.2, 0) is 4.74 Å². The highest BCUT2D eigenvalue weighted by Gasteiger charge is 2.30. The number of fused-ring (bicyclic) bond motifs is 2. The summed E-state index contributed by atoms with van der Waals surface area (Å²) in [5.41, 5.74) is 7.82. The highest BCUT2D eigenvalue weighted by molar-refractivity contribution is 6.00. The fourth-order valence-corrected chi connectivity index (χ4v) is 4.82. The van der Waals surface area contributed by atoms with E-state index in [4.69, 9.17) is 15.5 Å². The predicted molar refractivity (Wildman–Crippen MR) is 121 cm³/mol. The van der Waals surface area contributed by atoms with Crippen LogP contribution in [0.2, 0.25) is 0 Å². The normalized spacial score (nSPS) is 17.9. The van der Waals surface area contributed by atoms with Crippen LogP contribution in [0.4, 0.5) is 5.82 Å². The van der Waals surface area contributed by atoms with Gasteiger partial charge in [0.25, 0.3) is 17.1 Å². The quantitative estimate of drug-likeness (QED) is 0.454. The molecule has 0 bridgehead atoms. The fourth-order valence-electron chi connectivity index (χ4n) is 4.82. The van der Waals surface area contributed by atoms with E-state index >= 15 is 0 Å². The minimum absolute atomic E-state index is 0.136. The van der Waals surface area contributed by atoms with Gasteiger partial charge in [-0.15, -0.1) is 0 Å². The van der Waals surface area contributed by atoms with Crippen LogP contribution in [0.15, 0.2) is 35.3 Å². The average molecular weight is 438 g/mol. The van der Waals surface area contributed by atoms with Crippen LogP contribution in [0.5, 0.6) is 0 Å². The Morgan fingerprint density at radius 2 is 2.03 bits per heavy atom. The van der Waals surface area contributed by atoms with Crippen molar-refractivity contribution in [3.05, 3.63) is 46.4 Å². The van der Waals surface area contributed by atoms with E-state index in [1.54, 1.807) is 18.3 Å². The maximum Gasteiger partial charge on any atom is 0.278 e. The molecule has 2 fully saturated rings. The fraction of sp³-hybridized carbons (Fsp3) is 0.478. The monoisotopic (exact) mass is 437 g/mol. The van der Waals surface area contributed by atoms with E-state index < -0.39 is 0 Å². The number of nitrogens with one attached hydrogen (secondary N) is 1. The number of rotatable bonds is 5. The first-order valence-electron chi connectivity index (χ1n) is 11.4. The van der Waals surface area contributed by atoms with E-state index in [9.17, 15) is 9.59 Å². The first kappa shape index (κ1) is 20.8. The molecule has 0 aromatic carbocycles. The number of nitrogens with two attached hydrogens (primary N) is 1. The number of nitrogen functional groups attached to an aromatic ring is 1. The van der Waals surface area contributed by atoms with Crippen molar-refractivity contribution in [2.24, 2.45) is 0 Å². The van der Waals surface area contributed by atoms with Gasteiger partial charge in [-0.2, -0.15) is 0 Å². The Kier molecular flexibility index (Phi) is 5.75. The van der Waals surface area contributed by atoms with Crippen molar-refractivity contribution in [3.8, 4) is 0 Å². The van der Waals surface area contributed by atoms with Gasteiger partial charge in [-0.25, -0.2) is 4.57 Å². The number of hydrogen-bond donors (Lipinski definition) is 2. The standard InChI is InChI=1S/C23H28N6O3/c24-20-17(22(30)25-8-10-27-11-13-32-14-12-27)15-18-21(29(20)16-5-1-2-6-16)26-19-7-3-4-9-28(19)23(18)31/h3-4,7,9,15-16,24H,1-2,5-6,8,10-14H2,(H,25,30)/p+1. The molecule has 0 atom stereocenters. The van der Waals surface area contributed by atoms with E-state index in [1.807, 2.05) is 16.7 Å². The SMILES string of the molecule is Nc1c(C(=O)NCCN2CCOCC2)cc2c(=O)n3ccccc3nc2[n+]1C1CCCC1. The summed E-state index contributed by atoms with van der Waals surface area (Å²) in [6.45, 7) is 4.43. The summed E-state index contributed by atoms with van der Waals surface area (Å²) in [7, 11) is 0. The topological polar surface area (TPSA) is 106 Å². The van der Waals surface area contributed by atoms with Crippen molar-refractivity contribution in [2.45, 2.75) is 31.7 Å². The molecule has 4 heterocycles. The van der Waals surface area contributed by atoms with Crippen molar-refractivity contribution in [1.29, 1.82) is 0 Å². The Morgan fingerprint density at radius 1 is 1.25 bits per heavy atom. The van der Waals surface area contributed by atoms with Crippen LogP contribution in [0.1, 0.15) is 42.1 Å². The molecule has 2 aliphatic rings. The molecule has 9 heteroatoms. The summed E-state index contributed by atoms with van der Waals surface area (Å²) < 4.78 is 8.81. The number of amides is 1. The van der Waals surface area contributed by atoms with Gasteiger partial charge in [-0.05, 0) is 43.9 Å². The third-order valence-electron chi connectivity index (χ3n) is 6.55. The number of carbonyl (C=O) groups excluding carboxylic acids is 1. The van der Waals surface area contributed by atoms with Crippen molar-refractivity contribution in [2.75, 3.05) is 45.1 Å². The number of anilines is 1. The Labute approximate surface area is 185 Å². The number of morpholine rings is 1. The molecule has 5 rings (SSSR count). The Bertz CT molecular complexity index is 1210. The lowest BCUT2D eigenvalue weighted by atomic mass is 10.1. The average Bonchev–Trinajstić information content (AvgIpc) is 3.34.